The summed E-state index contributed by atoms with van der Waals surface area (Å²) in [5.74, 6) is -1.16. The van der Waals surface area contributed by atoms with Crippen LogP contribution in [0.4, 0.5) is 0 Å². The quantitative estimate of drug-likeness (QED) is 0.431. The summed E-state index contributed by atoms with van der Waals surface area (Å²) < 4.78 is 9.85. The number of hydrogen-bond acceptors (Lipinski definition) is 5. The summed E-state index contributed by atoms with van der Waals surface area (Å²) in [5, 5.41) is 0. The van der Waals surface area contributed by atoms with Gasteiger partial charge in [0.2, 0.25) is 0 Å². The fourth-order valence-corrected chi connectivity index (χ4v) is 1.51. The number of Topliss-reactive ketones (excluding diaryl/α,β-unsaturated/α-hetero) is 1. The summed E-state index contributed by atoms with van der Waals surface area (Å²) >= 11 is 0. The van der Waals surface area contributed by atoms with Gasteiger partial charge in [-0.1, -0.05) is 32.6 Å². The Hall–Kier alpha value is -1.39. The smallest absolute Gasteiger partial charge is 0.307 e. The molecule has 0 aromatic heterocycles. The molecule has 0 rings (SSSR count). The third kappa shape index (κ3) is 10.5. The van der Waals surface area contributed by atoms with E-state index in [0.717, 1.165) is 19.3 Å². The maximum atomic E-state index is 11.4. The lowest BCUT2D eigenvalue weighted by Gasteiger charge is -2.09. The van der Waals surface area contributed by atoms with Crippen LogP contribution in [0.1, 0.15) is 65.7 Å². The van der Waals surface area contributed by atoms with Gasteiger partial charge in [0.05, 0.1) is 19.4 Å². The molecule has 0 heterocycles. The van der Waals surface area contributed by atoms with E-state index in [1.165, 1.54) is 26.7 Å². The number of ether oxygens (including phenoxy) is 2. The summed E-state index contributed by atoms with van der Waals surface area (Å²) in [6.45, 7) is 5.41. The first-order valence-electron chi connectivity index (χ1n) is 7.33. The summed E-state index contributed by atoms with van der Waals surface area (Å²) in [6.07, 6.45) is 4.65. The van der Waals surface area contributed by atoms with Crippen molar-refractivity contribution in [1.82, 2.24) is 0 Å². The van der Waals surface area contributed by atoms with E-state index in [0.29, 0.717) is 6.61 Å². The molecular weight excluding hydrogens is 260 g/mol. The molecule has 0 radical (unpaired) electrons. The van der Waals surface area contributed by atoms with Crippen molar-refractivity contribution in [3.05, 3.63) is 0 Å². The van der Waals surface area contributed by atoms with Crippen molar-refractivity contribution in [3.8, 4) is 0 Å². The molecule has 0 saturated carbocycles. The zero-order valence-electron chi connectivity index (χ0n) is 12.8. The number of rotatable bonds is 11. The van der Waals surface area contributed by atoms with Crippen LogP contribution in [-0.4, -0.2) is 30.4 Å². The zero-order chi connectivity index (χ0) is 15.4. The average molecular weight is 286 g/mol. The Morgan fingerprint density at radius 2 is 1.55 bits per heavy atom. The normalized spacial score (nSPS) is 11.8. The van der Waals surface area contributed by atoms with Crippen molar-refractivity contribution in [3.63, 3.8) is 0 Å². The maximum absolute atomic E-state index is 11.4. The molecule has 0 N–H and O–H groups in total. The lowest BCUT2D eigenvalue weighted by atomic mass is 10.2. The van der Waals surface area contributed by atoms with Gasteiger partial charge in [0, 0.05) is 0 Å². The second-order valence-electron chi connectivity index (χ2n) is 4.88. The van der Waals surface area contributed by atoms with Crippen LogP contribution in [0.3, 0.4) is 0 Å². The van der Waals surface area contributed by atoms with E-state index in [-0.39, 0.29) is 18.6 Å². The highest BCUT2D eigenvalue weighted by atomic mass is 16.5. The van der Waals surface area contributed by atoms with Crippen molar-refractivity contribution >= 4 is 17.7 Å². The van der Waals surface area contributed by atoms with Gasteiger partial charge in [-0.05, 0) is 20.3 Å². The van der Waals surface area contributed by atoms with E-state index < -0.39 is 18.0 Å². The highest BCUT2D eigenvalue weighted by molar-refractivity contribution is 5.84. The molecule has 116 valence electrons. The molecule has 0 aliphatic carbocycles. The number of esters is 2. The largest absolute Gasteiger partial charge is 0.466 e. The highest BCUT2D eigenvalue weighted by Gasteiger charge is 2.15. The SMILES string of the molecule is CCCCCCCOC(=O)CCC(=O)OC(C)C(C)=O. The Morgan fingerprint density at radius 3 is 2.15 bits per heavy atom. The summed E-state index contributed by atoms with van der Waals surface area (Å²) in [4.78, 5) is 33.6. The van der Waals surface area contributed by atoms with Crippen molar-refractivity contribution in [1.29, 1.82) is 0 Å². The fraction of sp³-hybridized carbons (Fsp3) is 0.800. The van der Waals surface area contributed by atoms with Crippen molar-refractivity contribution in [2.24, 2.45) is 0 Å². The van der Waals surface area contributed by atoms with Gasteiger partial charge in [-0.25, -0.2) is 0 Å². The molecule has 5 heteroatoms. The Morgan fingerprint density at radius 1 is 0.950 bits per heavy atom. The van der Waals surface area contributed by atoms with Crippen LogP contribution in [-0.2, 0) is 23.9 Å². The second-order valence-corrected chi connectivity index (χ2v) is 4.88. The predicted molar refractivity (Wildman–Crippen MR) is 75.2 cm³/mol. The maximum Gasteiger partial charge on any atom is 0.307 e. The lowest BCUT2D eigenvalue weighted by molar-refractivity contribution is -0.156. The summed E-state index contributed by atoms with van der Waals surface area (Å²) in [6, 6.07) is 0. The molecule has 0 aliphatic rings. The van der Waals surface area contributed by atoms with Crippen LogP contribution in [0.15, 0.2) is 0 Å². The Kier molecular flexibility index (Phi) is 10.6. The standard InChI is InChI=1S/C15H26O5/c1-4-5-6-7-8-11-19-14(17)9-10-15(18)20-13(3)12(2)16/h13H,4-11H2,1-3H3. The van der Waals surface area contributed by atoms with E-state index in [1.54, 1.807) is 0 Å². The number of carbonyl (C=O) groups excluding carboxylic acids is 3. The third-order valence-electron chi connectivity index (χ3n) is 2.92. The van der Waals surface area contributed by atoms with Crippen LogP contribution >= 0.6 is 0 Å². The predicted octanol–water partition coefficient (Wildman–Crippen LogP) is 2.80. The molecule has 0 saturated heterocycles. The highest BCUT2D eigenvalue weighted by Crippen LogP contribution is 2.04. The van der Waals surface area contributed by atoms with E-state index >= 15 is 0 Å². The molecule has 5 nitrogen and oxygen atoms in total. The van der Waals surface area contributed by atoms with E-state index in [2.05, 4.69) is 6.92 Å². The average Bonchev–Trinajstić information content (AvgIpc) is 2.40. The van der Waals surface area contributed by atoms with Gasteiger partial charge in [0.15, 0.2) is 11.9 Å². The van der Waals surface area contributed by atoms with Crippen LogP contribution < -0.4 is 0 Å². The van der Waals surface area contributed by atoms with Gasteiger partial charge >= 0.3 is 11.9 Å². The van der Waals surface area contributed by atoms with Crippen LogP contribution in [0.2, 0.25) is 0 Å². The Balaban J connectivity index is 3.57. The van der Waals surface area contributed by atoms with E-state index in [9.17, 15) is 14.4 Å². The van der Waals surface area contributed by atoms with E-state index in [1.807, 2.05) is 0 Å². The molecule has 0 aromatic rings. The molecule has 0 amide bonds. The zero-order valence-corrected chi connectivity index (χ0v) is 12.8. The van der Waals surface area contributed by atoms with Gasteiger partial charge in [0.1, 0.15) is 0 Å². The molecule has 1 unspecified atom stereocenters. The summed E-state index contributed by atoms with van der Waals surface area (Å²) in [5.41, 5.74) is 0. The third-order valence-corrected chi connectivity index (χ3v) is 2.92. The van der Waals surface area contributed by atoms with Crippen LogP contribution in [0, 0.1) is 0 Å². The first-order chi connectivity index (χ1) is 9.47. The minimum absolute atomic E-state index is 0.00157. The Bertz CT molecular complexity index is 311. The molecule has 0 aromatic carbocycles. The van der Waals surface area contributed by atoms with Gasteiger partial charge in [-0.2, -0.15) is 0 Å². The van der Waals surface area contributed by atoms with E-state index in [4.69, 9.17) is 9.47 Å². The molecule has 0 fully saturated rings. The lowest BCUT2D eigenvalue weighted by Crippen LogP contribution is -2.22. The summed E-state index contributed by atoms with van der Waals surface area (Å²) in [7, 11) is 0. The number of ketones is 1. The Labute approximate surface area is 121 Å². The molecule has 0 bridgehead atoms. The van der Waals surface area contributed by atoms with Crippen molar-refractivity contribution in [2.75, 3.05) is 6.61 Å². The molecule has 0 spiro atoms. The number of unbranched alkanes of at least 4 members (excludes halogenated alkanes) is 4. The number of carbonyl (C=O) groups is 3. The van der Waals surface area contributed by atoms with Gasteiger partial charge < -0.3 is 9.47 Å². The first-order valence-corrected chi connectivity index (χ1v) is 7.33. The van der Waals surface area contributed by atoms with Crippen LogP contribution in [0.25, 0.3) is 0 Å². The molecule has 0 aliphatic heterocycles. The van der Waals surface area contributed by atoms with Gasteiger partial charge in [-0.3, -0.25) is 14.4 Å². The van der Waals surface area contributed by atoms with Gasteiger partial charge in [0.25, 0.3) is 0 Å². The minimum Gasteiger partial charge on any atom is -0.466 e. The second kappa shape index (κ2) is 11.4. The molecule has 20 heavy (non-hydrogen) atoms. The van der Waals surface area contributed by atoms with Crippen LogP contribution in [0.5, 0.6) is 0 Å². The first kappa shape index (κ1) is 18.6. The topological polar surface area (TPSA) is 69.7 Å². The van der Waals surface area contributed by atoms with Crippen molar-refractivity contribution < 1.29 is 23.9 Å². The molecular formula is C15H26O5. The number of hydrogen-bond donors (Lipinski definition) is 0. The minimum atomic E-state index is -0.753. The fourth-order valence-electron chi connectivity index (χ4n) is 1.51. The molecule has 1 atom stereocenters. The van der Waals surface area contributed by atoms with Crippen molar-refractivity contribution in [2.45, 2.75) is 71.8 Å². The monoisotopic (exact) mass is 286 g/mol. The van der Waals surface area contributed by atoms with Gasteiger partial charge in [-0.15, -0.1) is 0 Å².